The number of ether oxygens (including phenoxy) is 2. The smallest absolute Gasteiger partial charge is 0.127 e. The SMILES string of the molecule is COc1cccc(OC)c1C(Br)c1cc(C)c(F)cc1Cl. The lowest BCUT2D eigenvalue weighted by atomic mass is 10.0. The molecule has 0 saturated heterocycles. The van der Waals surface area contributed by atoms with Crippen LogP contribution < -0.4 is 9.47 Å². The standard InChI is InChI=1S/C16H15BrClFO2/c1-9-7-10(11(18)8-12(9)19)16(17)15-13(20-2)5-4-6-14(15)21-3/h4-8,16H,1-3H3. The molecule has 0 amide bonds. The van der Waals surface area contributed by atoms with Crippen molar-refractivity contribution in [1.29, 1.82) is 0 Å². The van der Waals surface area contributed by atoms with Crippen LogP contribution in [0.1, 0.15) is 21.5 Å². The Hall–Kier alpha value is -1.26. The van der Waals surface area contributed by atoms with E-state index in [0.717, 1.165) is 11.1 Å². The van der Waals surface area contributed by atoms with E-state index in [0.29, 0.717) is 22.1 Å². The van der Waals surface area contributed by atoms with Crippen LogP contribution in [0.5, 0.6) is 11.5 Å². The fourth-order valence-electron chi connectivity index (χ4n) is 2.16. The van der Waals surface area contributed by atoms with Crippen molar-refractivity contribution in [2.45, 2.75) is 11.8 Å². The molecule has 0 aromatic heterocycles. The lowest BCUT2D eigenvalue weighted by Crippen LogP contribution is -2.02. The molecule has 0 heterocycles. The van der Waals surface area contributed by atoms with Crippen molar-refractivity contribution in [3.05, 3.63) is 57.9 Å². The van der Waals surface area contributed by atoms with E-state index < -0.39 is 0 Å². The minimum atomic E-state index is -0.324. The van der Waals surface area contributed by atoms with Crippen LogP contribution >= 0.6 is 27.5 Å². The minimum Gasteiger partial charge on any atom is -0.496 e. The maximum atomic E-state index is 13.6. The maximum Gasteiger partial charge on any atom is 0.127 e. The van der Waals surface area contributed by atoms with E-state index in [1.54, 1.807) is 27.2 Å². The van der Waals surface area contributed by atoms with Gasteiger partial charge in [-0.1, -0.05) is 39.7 Å². The Morgan fingerprint density at radius 2 is 1.71 bits per heavy atom. The lowest BCUT2D eigenvalue weighted by Gasteiger charge is -2.19. The number of hydrogen-bond donors (Lipinski definition) is 0. The Labute approximate surface area is 137 Å². The summed E-state index contributed by atoms with van der Waals surface area (Å²) in [4.78, 5) is -0.268. The van der Waals surface area contributed by atoms with Crippen molar-refractivity contribution in [1.82, 2.24) is 0 Å². The number of hydrogen-bond acceptors (Lipinski definition) is 2. The minimum absolute atomic E-state index is 0.268. The highest BCUT2D eigenvalue weighted by atomic mass is 79.9. The molecule has 2 aromatic rings. The predicted molar refractivity (Wildman–Crippen MR) is 86.5 cm³/mol. The van der Waals surface area contributed by atoms with Gasteiger partial charge in [0, 0.05) is 5.02 Å². The summed E-state index contributed by atoms with van der Waals surface area (Å²) in [5.41, 5.74) is 2.11. The van der Waals surface area contributed by atoms with Crippen LogP contribution in [0.15, 0.2) is 30.3 Å². The van der Waals surface area contributed by atoms with Gasteiger partial charge in [-0.15, -0.1) is 0 Å². The third-order valence-electron chi connectivity index (χ3n) is 3.27. The Balaban J connectivity index is 2.59. The zero-order chi connectivity index (χ0) is 15.6. The van der Waals surface area contributed by atoms with Gasteiger partial charge in [0.15, 0.2) is 0 Å². The molecule has 0 aliphatic carbocycles. The third kappa shape index (κ3) is 3.16. The van der Waals surface area contributed by atoms with Crippen LogP contribution in [0, 0.1) is 12.7 Å². The molecule has 0 radical (unpaired) electrons. The molecule has 0 saturated carbocycles. The average Bonchev–Trinajstić information content (AvgIpc) is 2.49. The topological polar surface area (TPSA) is 18.5 Å². The van der Waals surface area contributed by atoms with E-state index in [4.69, 9.17) is 21.1 Å². The molecule has 2 nitrogen and oxygen atoms in total. The van der Waals surface area contributed by atoms with E-state index in [1.807, 2.05) is 18.2 Å². The van der Waals surface area contributed by atoms with Crippen molar-refractivity contribution in [3.63, 3.8) is 0 Å². The normalized spacial score (nSPS) is 12.1. The van der Waals surface area contributed by atoms with Crippen molar-refractivity contribution < 1.29 is 13.9 Å². The molecule has 1 unspecified atom stereocenters. The largest absolute Gasteiger partial charge is 0.496 e. The molecule has 0 N–H and O–H groups in total. The van der Waals surface area contributed by atoms with Crippen molar-refractivity contribution in [3.8, 4) is 11.5 Å². The first kappa shape index (κ1) is 16.1. The summed E-state index contributed by atoms with van der Waals surface area (Å²) in [5.74, 6) is 1.03. The van der Waals surface area contributed by atoms with E-state index in [-0.39, 0.29) is 10.6 Å². The number of rotatable bonds is 4. The van der Waals surface area contributed by atoms with Crippen LogP contribution in [-0.2, 0) is 0 Å². The maximum absolute atomic E-state index is 13.6. The zero-order valence-electron chi connectivity index (χ0n) is 11.9. The highest BCUT2D eigenvalue weighted by molar-refractivity contribution is 9.09. The second-order valence-electron chi connectivity index (χ2n) is 4.56. The van der Waals surface area contributed by atoms with Gasteiger partial charge >= 0.3 is 0 Å². The number of halogens is 3. The van der Waals surface area contributed by atoms with Gasteiger partial charge in [0.25, 0.3) is 0 Å². The van der Waals surface area contributed by atoms with Gasteiger partial charge in [0.05, 0.1) is 24.6 Å². The lowest BCUT2D eigenvalue weighted by molar-refractivity contribution is 0.386. The Morgan fingerprint density at radius 3 is 2.24 bits per heavy atom. The van der Waals surface area contributed by atoms with Gasteiger partial charge in [0.2, 0.25) is 0 Å². The van der Waals surface area contributed by atoms with Gasteiger partial charge in [-0.05, 0) is 36.2 Å². The molecular weight excluding hydrogens is 359 g/mol. The predicted octanol–water partition coefficient (Wildman–Crippen LogP) is 5.29. The summed E-state index contributed by atoms with van der Waals surface area (Å²) in [6.07, 6.45) is 0. The summed E-state index contributed by atoms with van der Waals surface area (Å²) in [7, 11) is 3.19. The monoisotopic (exact) mass is 372 g/mol. The summed E-state index contributed by atoms with van der Waals surface area (Å²) >= 11 is 9.81. The first-order valence-corrected chi connectivity index (χ1v) is 7.59. The summed E-state index contributed by atoms with van der Waals surface area (Å²) in [6, 6.07) is 8.58. The van der Waals surface area contributed by atoms with E-state index in [1.165, 1.54) is 6.07 Å². The van der Waals surface area contributed by atoms with Crippen molar-refractivity contribution >= 4 is 27.5 Å². The number of methoxy groups -OCH3 is 2. The second-order valence-corrected chi connectivity index (χ2v) is 5.88. The number of benzene rings is 2. The van der Waals surface area contributed by atoms with Gasteiger partial charge < -0.3 is 9.47 Å². The first-order valence-electron chi connectivity index (χ1n) is 6.30. The highest BCUT2D eigenvalue weighted by Crippen LogP contribution is 2.44. The Kier molecular flexibility index (Phi) is 5.12. The summed E-state index contributed by atoms with van der Waals surface area (Å²) in [6.45, 7) is 1.70. The molecule has 0 spiro atoms. The molecule has 0 bridgehead atoms. The number of aryl methyl sites for hydroxylation is 1. The van der Waals surface area contributed by atoms with Crippen molar-refractivity contribution in [2.24, 2.45) is 0 Å². The van der Waals surface area contributed by atoms with Crippen LogP contribution in [0.2, 0.25) is 5.02 Å². The molecule has 112 valence electrons. The highest BCUT2D eigenvalue weighted by Gasteiger charge is 2.23. The van der Waals surface area contributed by atoms with Crippen LogP contribution in [-0.4, -0.2) is 14.2 Å². The zero-order valence-corrected chi connectivity index (χ0v) is 14.3. The summed E-state index contributed by atoms with van der Waals surface area (Å²) in [5, 5.41) is 0.355. The average molecular weight is 374 g/mol. The van der Waals surface area contributed by atoms with E-state index in [9.17, 15) is 4.39 Å². The Morgan fingerprint density at radius 1 is 1.14 bits per heavy atom. The molecule has 2 aromatic carbocycles. The quantitative estimate of drug-likeness (QED) is 0.678. The van der Waals surface area contributed by atoms with E-state index in [2.05, 4.69) is 15.9 Å². The van der Waals surface area contributed by atoms with Crippen LogP contribution in [0.25, 0.3) is 0 Å². The Bertz CT molecular complexity index is 639. The van der Waals surface area contributed by atoms with Gasteiger partial charge in [-0.25, -0.2) is 4.39 Å². The molecule has 1 atom stereocenters. The second kappa shape index (κ2) is 6.67. The van der Waals surface area contributed by atoms with Crippen molar-refractivity contribution in [2.75, 3.05) is 14.2 Å². The summed E-state index contributed by atoms with van der Waals surface area (Å²) < 4.78 is 24.4. The van der Waals surface area contributed by atoms with E-state index >= 15 is 0 Å². The van der Waals surface area contributed by atoms with Gasteiger partial charge in [-0.2, -0.15) is 0 Å². The third-order valence-corrected chi connectivity index (χ3v) is 4.55. The number of alkyl halides is 1. The fourth-order valence-corrected chi connectivity index (χ4v) is 3.38. The van der Waals surface area contributed by atoms with Crippen LogP contribution in [0.4, 0.5) is 4.39 Å². The molecule has 5 heteroatoms. The van der Waals surface area contributed by atoms with Crippen LogP contribution in [0.3, 0.4) is 0 Å². The van der Waals surface area contributed by atoms with Gasteiger partial charge in [-0.3, -0.25) is 0 Å². The molecule has 0 aliphatic heterocycles. The first-order chi connectivity index (χ1) is 9.99. The van der Waals surface area contributed by atoms with Gasteiger partial charge in [0.1, 0.15) is 17.3 Å². The molecule has 21 heavy (non-hydrogen) atoms. The molecule has 0 fully saturated rings. The fraction of sp³-hybridized carbons (Fsp3) is 0.250. The molecule has 0 aliphatic rings. The molecular formula is C16H15BrClFO2. The molecule has 2 rings (SSSR count).